The van der Waals surface area contributed by atoms with E-state index in [0.29, 0.717) is 6.42 Å². The van der Waals surface area contributed by atoms with Gasteiger partial charge in [-0.3, -0.25) is 4.79 Å². The van der Waals surface area contributed by atoms with Crippen LogP contribution in [0.15, 0.2) is 28.7 Å². The molecule has 1 aromatic carbocycles. The Morgan fingerprint density at radius 1 is 1.26 bits per heavy atom. The van der Waals surface area contributed by atoms with Gasteiger partial charge in [-0.1, -0.05) is 60.8 Å². The van der Waals surface area contributed by atoms with Gasteiger partial charge in [-0.05, 0) is 46.2 Å². The number of amides is 1. The van der Waals surface area contributed by atoms with Crippen LogP contribution >= 0.6 is 63.0 Å². The van der Waals surface area contributed by atoms with Gasteiger partial charge >= 0.3 is 0 Å². The van der Waals surface area contributed by atoms with Gasteiger partial charge in [0.25, 0.3) is 0 Å². The number of carbonyl (C=O) groups is 1. The van der Waals surface area contributed by atoms with E-state index in [1.165, 1.54) is 0 Å². The van der Waals surface area contributed by atoms with Crippen molar-refractivity contribution in [1.82, 2.24) is 10.6 Å². The van der Waals surface area contributed by atoms with E-state index >= 15 is 0 Å². The van der Waals surface area contributed by atoms with Crippen LogP contribution in [0.4, 0.5) is 5.69 Å². The summed E-state index contributed by atoms with van der Waals surface area (Å²) in [6.45, 7) is 3.85. The number of hydrogen-bond donors (Lipinski definition) is 3. The van der Waals surface area contributed by atoms with E-state index in [-0.39, 0.29) is 16.9 Å². The number of rotatable bonds is 5. The van der Waals surface area contributed by atoms with E-state index in [1.54, 1.807) is 0 Å². The van der Waals surface area contributed by atoms with Gasteiger partial charge in [0.05, 0.1) is 5.69 Å². The van der Waals surface area contributed by atoms with Gasteiger partial charge < -0.3 is 16.0 Å². The number of carbonyl (C=O) groups excluding carboxylic acids is 1. The van der Waals surface area contributed by atoms with Gasteiger partial charge in [0.1, 0.15) is 6.17 Å². The summed E-state index contributed by atoms with van der Waals surface area (Å²) in [5, 5.41) is 8.64. The maximum atomic E-state index is 11.9. The number of alkyl halides is 3. The summed E-state index contributed by atoms with van der Waals surface area (Å²) in [5.41, 5.74) is 0.751. The molecule has 128 valence electrons. The molecule has 1 atom stereocenters. The third-order valence-electron chi connectivity index (χ3n) is 2.62. The van der Waals surface area contributed by atoms with E-state index in [9.17, 15) is 4.79 Å². The van der Waals surface area contributed by atoms with Crippen LogP contribution in [0.5, 0.6) is 0 Å². The molecule has 1 aromatic rings. The Hall–Kier alpha value is -0.270. The molecule has 0 fully saturated rings. The van der Waals surface area contributed by atoms with E-state index in [1.807, 2.05) is 38.1 Å². The summed E-state index contributed by atoms with van der Waals surface area (Å²) in [4.78, 5) is 11.9. The molecule has 1 amide bonds. The second-order valence-electron chi connectivity index (χ2n) is 5.22. The molecule has 0 spiro atoms. The molecule has 0 aromatic heterocycles. The molecule has 0 radical (unpaired) electrons. The second-order valence-corrected chi connectivity index (χ2v) is 8.85. The highest BCUT2D eigenvalue weighted by molar-refractivity contribution is 9.10. The molecule has 0 aliphatic rings. The first-order valence-electron chi connectivity index (χ1n) is 6.77. The van der Waals surface area contributed by atoms with Crippen LogP contribution in [0.2, 0.25) is 0 Å². The average molecular weight is 462 g/mol. The molecule has 9 heteroatoms. The van der Waals surface area contributed by atoms with Crippen molar-refractivity contribution in [2.75, 3.05) is 5.32 Å². The van der Waals surface area contributed by atoms with Crippen molar-refractivity contribution in [3.8, 4) is 0 Å². The quantitative estimate of drug-likeness (QED) is 0.341. The van der Waals surface area contributed by atoms with E-state index in [0.717, 1.165) is 10.2 Å². The Bertz CT molecular complexity index is 566. The van der Waals surface area contributed by atoms with Crippen LogP contribution in [-0.4, -0.2) is 21.0 Å². The highest BCUT2D eigenvalue weighted by Crippen LogP contribution is 2.29. The van der Waals surface area contributed by atoms with Gasteiger partial charge in [0.2, 0.25) is 9.70 Å². The SMILES string of the molecule is CC(C)CC(=O)NC(NC(=S)Nc1ccccc1Br)C(Cl)(Cl)Cl. The molecule has 1 unspecified atom stereocenters. The zero-order chi connectivity index (χ0) is 17.6. The van der Waals surface area contributed by atoms with Crippen LogP contribution < -0.4 is 16.0 Å². The first kappa shape index (κ1) is 20.8. The molecule has 3 N–H and O–H groups in total. The summed E-state index contributed by atoms with van der Waals surface area (Å²) >= 11 is 26.4. The summed E-state index contributed by atoms with van der Waals surface area (Å²) in [6, 6.07) is 7.43. The maximum absolute atomic E-state index is 11.9. The molecule has 0 heterocycles. The van der Waals surface area contributed by atoms with Crippen LogP contribution in [0.3, 0.4) is 0 Å². The fourth-order valence-electron chi connectivity index (χ4n) is 1.64. The number of anilines is 1. The standard InChI is InChI=1S/C14H17BrCl3N3OS/c1-8(2)7-11(22)20-12(14(16,17)18)21-13(23)19-10-6-4-3-5-9(10)15/h3-6,8,12H,7H2,1-2H3,(H,20,22)(H2,19,21,23). The minimum absolute atomic E-state index is 0.191. The summed E-state index contributed by atoms with van der Waals surface area (Å²) < 4.78 is -0.926. The number of nitrogens with one attached hydrogen (secondary N) is 3. The van der Waals surface area contributed by atoms with Crippen molar-refractivity contribution in [1.29, 1.82) is 0 Å². The zero-order valence-electron chi connectivity index (χ0n) is 12.5. The first-order chi connectivity index (χ1) is 10.6. The molecule has 4 nitrogen and oxygen atoms in total. The second kappa shape index (κ2) is 9.28. The summed E-state index contributed by atoms with van der Waals surface area (Å²) in [7, 11) is 0. The third-order valence-corrected chi connectivity index (χ3v) is 4.19. The molecule has 0 saturated carbocycles. The highest BCUT2D eigenvalue weighted by atomic mass is 79.9. The summed E-state index contributed by atoms with van der Waals surface area (Å²) in [6.07, 6.45) is -0.634. The minimum Gasteiger partial charge on any atom is -0.339 e. The molecule has 1 rings (SSSR count). The van der Waals surface area contributed by atoms with Gasteiger partial charge in [-0.2, -0.15) is 0 Å². The van der Waals surface area contributed by atoms with Crippen LogP contribution in [0.1, 0.15) is 20.3 Å². The smallest absolute Gasteiger partial charge is 0.228 e. The molecule has 0 bridgehead atoms. The van der Waals surface area contributed by atoms with Crippen molar-refractivity contribution < 1.29 is 4.79 Å². The zero-order valence-corrected chi connectivity index (χ0v) is 17.2. The fourth-order valence-corrected chi connectivity index (χ4v) is 2.58. The predicted octanol–water partition coefficient (Wildman–Crippen LogP) is 4.59. The fraction of sp³-hybridized carbons (Fsp3) is 0.429. The molecule has 0 aliphatic heterocycles. The monoisotopic (exact) mass is 459 g/mol. The number of halogens is 4. The molecule has 0 saturated heterocycles. The van der Waals surface area contributed by atoms with Crippen molar-refractivity contribution in [3.63, 3.8) is 0 Å². The van der Waals surface area contributed by atoms with Gasteiger partial charge in [0.15, 0.2) is 5.11 Å². The minimum atomic E-state index is -1.76. The summed E-state index contributed by atoms with van der Waals surface area (Å²) in [5.74, 6) is -0.0381. The topological polar surface area (TPSA) is 53.2 Å². The Morgan fingerprint density at radius 2 is 1.87 bits per heavy atom. The Morgan fingerprint density at radius 3 is 2.39 bits per heavy atom. The first-order valence-corrected chi connectivity index (χ1v) is 9.11. The molecular formula is C14H17BrCl3N3OS. The lowest BCUT2D eigenvalue weighted by atomic mass is 10.1. The number of benzene rings is 1. The number of thiocarbonyl (C=S) groups is 1. The van der Waals surface area contributed by atoms with E-state index in [2.05, 4.69) is 31.9 Å². The molecular weight excluding hydrogens is 445 g/mol. The lowest BCUT2D eigenvalue weighted by molar-refractivity contribution is -0.122. The largest absolute Gasteiger partial charge is 0.339 e. The van der Waals surface area contributed by atoms with Crippen LogP contribution in [0, 0.1) is 5.92 Å². The Labute approximate surface area is 164 Å². The lowest BCUT2D eigenvalue weighted by Gasteiger charge is -2.28. The Kier molecular flexibility index (Phi) is 8.38. The van der Waals surface area contributed by atoms with Gasteiger partial charge in [-0.15, -0.1) is 0 Å². The number of hydrogen-bond acceptors (Lipinski definition) is 2. The lowest BCUT2D eigenvalue weighted by Crippen LogP contribution is -2.56. The van der Waals surface area contributed by atoms with Gasteiger partial charge in [-0.25, -0.2) is 0 Å². The van der Waals surface area contributed by atoms with Crippen molar-refractivity contribution in [3.05, 3.63) is 28.7 Å². The normalized spacial score (nSPS) is 12.7. The van der Waals surface area contributed by atoms with Crippen molar-refractivity contribution in [2.45, 2.75) is 30.2 Å². The third kappa shape index (κ3) is 7.90. The predicted molar refractivity (Wildman–Crippen MR) is 105 cm³/mol. The van der Waals surface area contributed by atoms with Crippen molar-refractivity contribution in [2.24, 2.45) is 5.92 Å². The molecule has 23 heavy (non-hydrogen) atoms. The van der Waals surface area contributed by atoms with Gasteiger partial charge in [0, 0.05) is 10.9 Å². The van der Waals surface area contributed by atoms with E-state index in [4.69, 9.17) is 47.0 Å². The number of para-hydroxylation sites is 1. The maximum Gasteiger partial charge on any atom is 0.228 e. The Balaban J connectivity index is 2.72. The van der Waals surface area contributed by atoms with E-state index < -0.39 is 9.96 Å². The van der Waals surface area contributed by atoms with Crippen LogP contribution in [-0.2, 0) is 4.79 Å². The highest BCUT2D eigenvalue weighted by Gasteiger charge is 2.34. The average Bonchev–Trinajstić information content (AvgIpc) is 2.38. The van der Waals surface area contributed by atoms with Crippen LogP contribution in [0.25, 0.3) is 0 Å². The van der Waals surface area contributed by atoms with Crippen molar-refractivity contribution >= 4 is 79.7 Å². The molecule has 0 aliphatic carbocycles.